The Balaban J connectivity index is 2.28. The minimum atomic E-state index is -1.31. The highest BCUT2D eigenvalue weighted by Gasteiger charge is 2.55. The van der Waals surface area contributed by atoms with Crippen molar-refractivity contribution in [2.24, 2.45) is 24.6 Å². The molecule has 0 aromatic carbocycles. The molecule has 3 unspecified atom stereocenters. The molecule has 2 N–H and O–H groups in total. The van der Waals surface area contributed by atoms with Crippen LogP contribution in [-0.4, -0.2) is 36.6 Å². The van der Waals surface area contributed by atoms with Crippen molar-refractivity contribution in [2.45, 2.75) is 24.5 Å². The van der Waals surface area contributed by atoms with Gasteiger partial charge in [-0.15, -0.1) is 5.10 Å². The van der Waals surface area contributed by atoms with E-state index >= 15 is 0 Å². The van der Waals surface area contributed by atoms with E-state index in [1.165, 1.54) is 4.68 Å². The van der Waals surface area contributed by atoms with E-state index in [1.54, 1.807) is 19.4 Å². The van der Waals surface area contributed by atoms with Gasteiger partial charge in [-0.25, -0.2) is 4.68 Å². The van der Waals surface area contributed by atoms with Gasteiger partial charge in [-0.3, -0.25) is 9.00 Å². The molecule has 7 nitrogen and oxygen atoms in total. The molecule has 0 radical (unpaired) electrons. The largest absolute Gasteiger partial charge is 0.366 e. The van der Waals surface area contributed by atoms with Crippen molar-refractivity contribution < 1.29 is 9.00 Å². The van der Waals surface area contributed by atoms with Gasteiger partial charge in [0.25, 0.3) is 0 Å². The predicted molar refractivity (Wildman–Crippen MR) is 81.8 cm³/mol. The maximum absolute atomic E-state index is 12.9. The van der Waals surface area contributed by atoms with Gasteiger partial charge in [0.15, 0.2) is 5.82 Å². The number of nitrogens with zero attached hydrogens (tertiary/aromatic N) is 4. The van der Waals surface area contributed by atoms with Crippen LogP contribution >= 0.6 is 0 Å². The molecule has 1 saturated carbocycles. The molecule has 0 saturated heterocycles. The number of hydrogen-bond acceptors (Lipinski definition) is 5. The molecule has 118 valence electrons. The number of aryl methyl sites for hydroxylation is 1. The number of tetrazole rings is 1. The quantitative estimate of drug-likeness (QED) is 0.852. The van der Waals surface area contributed by atoms with Gasteiger partial charge >= 0.3 is 0 Å². The second-order valence-corrected chi connectivity index (χ2v) is 7.47. The van der Waals surface area contributed by atoms with Crippen LogP contribution in [0.3, 0.4) is 0 Å². The summed E-state index contributed by atoms with van der Waals surface area (Å²) < 4.78 is 13.5. The molecular weight excluding hydrogens is 302 g/mol. The number of amides is 1. The topological polar surface area (TPSA) is 104 Å². The van der Waals surface area contributed by atoms with Gasteiger partial charge in [0.1, 0.15) is 4.75 Å². The monoisotopic (exact) mass is 321 g/mol. The number of carbonyl (C=O) groups excluding carboxylic acids is 1. The Labute approximate surface area is 131 Å². The number of carbonyl (C=O) groups is 1. The summed E-state index contributed by atoms with van der Waals surface area (Å²) in [5, 5.41) is 11.7. The molecule has 1 fully saturated rings. The van der Waals surface area contributed by atoms with E-state index in [4.69, 9.17) is 5.73 Å². The highest BCUT2D eigenvalue weighted by Crippen LogP contribution is 2.54. The number of aromatic nitrogens is 4. The van der Waals surface area contributed by atoms with E-state index < -0.39 is 21.5 Å². The van der Waals surface area contributed by atoms with Crippen LogP contribution in [0.4, 0.5) is 0 Å². The summed E-state index contributed by atoms with van der Waals surface area (Å²) >= 11 is 0. The Morgan fingerprint density at radius 1 is 1.45 bits per heavy atom. The molecular formula is C14H19N5O2S. The van der Waals surface area contributed by atoms with Crippen LogP contribution in [0, 0.1) is 11.8 Å². The fourth-order valence-corrected chi connectivity index (χ4v) is 5.08. The Hall–Kier alpha value is -1.83. The van der Waals surface area contributed by atoms with Gasteiger partial charge in [0.05, 0.1) is 0 Å². The van der Waals surface area contributed by atoms with Crippen molar-refractivity contribution in [3.05, 3.63) is 29.1 Å². The summed E-state index contributed by atoms with van der Waals surface area (Å²) in [6.45, 7) is 1.88. The Morgan fingerprint density at radius 3 is 2.59 bits per heavy atom. The second kappa shape index (κ2) is 5.12. The summed E-state index contributed by atoms with van der Waals surface area (Å²) in [4.78, 5) is 11.8. The Bertz CT molecular complexity index is 719. The van der Waals surface area contributed by atoms with E-state index in [2.05, 4.69) is 15.5 Å². The number of rotatable bonds is 4. The Morgan fingerprint density at radius 2 is 2.14 bits per heavy atom. The van der Waals surface area contributed by atoms with Crippen molar-refractivity contribution in [1.29, 1.82) is 0 Å². The van der Waals surface area contributed by atoms with Gasteiger partial charge in [-0.2, -0.15) is 0 Å². The van der Waals surface area contributed by atoms with Gasteiger partial charge in [-0.05, 0) is 34.8 Å². The van der Waals surface area contributed by atoms with Crippen LogP contribution in [0.15, 0.2) is 23.3 Å². The Kier molecular flexibility index (Phi) is 3.51. The lowest BCUT2D eigenvalue weighted by Gasteiger charge is -2.40. The van der Waals surface area contributed by atoms with Crippen molar-refractivity contribution in [3.8, 4) is 0 Å². The van der Waals surface area contributed by atoms with Crippen molar-refractivity contribution in [2.75, 3.05) is 6.26 Å². The molecule has 0 aliphatic heterocycles. The lowest BCUT2D eigenvalue weighted by Crippen LogP contribution is -2.47. The third kappa shape index (κ3) is 1.97. The molecule has 2 aliphatic rings. The van der Waals surface area contributed by atoms with Gasteiger partial charge in [0.2, 0.25) is 5.91 Å². The van der Waals surface area contributed by atoms with Crippen molar-refractivity contribution in [1.82, 2.24) is 20.2 Å². The number of nitrogens with two attached hydrogens (primary N) is 1. The first kappa shape index (κ1) is 15.1. The molecule has 1 aromatic rings. The highest BCUT2D eigenvalue weighted by molar-refractivity contribution is 7.85. The smallest absolute Gasteiger partial charge is 0.244 e. The molecule has 0 spiro atoms. The minimum absolute atomic E-state index is 0.346. The van der Waals surface area contributed by atoms with Gasteiger partial charge < -0.3 is 5.73 Å². The van der Waals surface area contributed by atoms with Gasteiger partial charge in [-0.1, -0.05) is 19.1 Å². The van der Waals surface area contributed by atoms with Crippen LogP contribution in [0.1, 0.15) is 25.6 Å². The van der Waals surface area contributed by atoms with Crippen LogP contribution in [0.2, 0.25) is 0 Å². The van der Waals surface area contributed by atoms with E-state index in [0.29, 0.717) is 17.3 Å². The SMILES string of the molecule is CC1C(C(N)=O)=CC=C(C2CC2)C1(c1nnnn1C)S(C)=O. The first-order valence-electron chi connectivity index (χ1n) is 7.19. The third-order valence-corrected chi connectivity index (χ3v) is 6.33. The number of allylic oxidation sites excluding steroid dienone is 2. The first-order chi connectivity index (χ1) is 10.4. The minimum Gasteiger partial charge on any atom is -0.366 e. The third-order valence-electron chi connectivity index (χ3n) is 4.66. The van der Waals surface area contributed by atoms with Crippen LogP contribution < -0.4 is 5.73 Å². The summed E-state index contributed by atoms with van der Waals surface area (Å²) in [7, 11) is 0.417. The lowest BCUT2D eigenvalue weighted by molar-refractivity contribution is -0.115. The van der Waals surface area contributed by atoms with Crippen molar-refractivity contribution in [3.63, 3.8) is 0 Å². The van der Waals surface area contributed by atoms with E-state index in [9.17, 15) is 9.00 Å². The van der Waals surface area contributed by atoms with Crippen LogP contribution in [0.5, 0.6) is 0 Å². The summed E-state index contributed by atoms with van der Waals surface area (Å²) in [5.74, 6) is 0.0456. The lowest BCUT2D eigenvalue weighted by atomic mass is 9.74. The van der Waals surface area contributed by atoms with Gasteiger partial charge in [0, 0.05) is 35.6 Å². The zero-order chi connectivity index (χ0) is 16.1. The number of primary amides is 1. The maximum atomic E-state index is 12.9. The van der Waals surface area contributed by atoms with E-state index in [0.717, 1.165) is 18.4 Å². The van der Waals surface area contributed by atoms with E-state index in [-0.39, 0.29) is 5.92 Å². The molecule has 3 atom stereocenters. The molecule has 2 aliphatic carbocycles. The molecule has 1 heterocycles. The summed E-state index contributed by atoms with van der Waals surface area (Å²) in [5.41, 5.74) is 7.02. The summed E-state index contributed by atoms with van der Waals surface area (Å²) in [6.07, 6.45) is 7.42. The summed E-state index contributed by atoms with van der Waals surface area (Å²) in [6, 6.07) is 0. The molecule has 1 amide bonds. The standard InChI is InChI=1S/C14H19N5O2S/c1-8-10(12(15)20)6-7-11(9-4-5-9)14(8,22(3)21)13-16-17-18-19(13)2/h6-9H,4-5H2,1-3H3,(H2,15,20). The predicted octanol–water partition coefficient (Wildman–Crippen LogP) is 0.182. The van der Waals surface area contributed by atoms with Crippen molar-refractivity contribution >= 4 is 16.7 Å². The molecule has 0 bridgehead atoms. The van der Waals surface area contributed by atoms with Crippen LogP contribution in [0.25, 0.3) is 0 Å². The molecule has 8 heteroatoms. The van der Waals surface area contributed by atoms with Crippen LogP contribution in [-0.2, 0) is 27.4 Å². The normalized spacial score (nSPS) is 29.7. The second-order valence-electron chi connectivity index (χ2n) is 5.92. The average molecular weight is 321 g/mol. The highest BCUT2D eigenvalue weighted by atomic mass is 32.2. The fraction of sp³-hybridized carbons (Fsp3) is 0.571. The first-order valence-corrected chi connectivity index (χ1v) is 8.74. The zero-order valence-corrected chi connectivity index (χ0v) is 13.6. The van der Waals surface area contributed by atoms with E-state index in [1.807, 2.05) is 13.0 Å². The molecule has 1 aromatic heterocycles. The molecule has 22 heavy (non-hydrogen) atoms. The molecule has 3 rings (SSSR count). The maximum Gasteiger partial charge on any atom is 0.244 e. The zero-order valence-electron chi connectivity index (χ0n) is 12.8. The average Bonchev–Trinajstić information content (AvgIpc) is 3.20. The fourth-order valence-electron chi connectivity index (χ4n) is 3.46. The number of hydrogen-bond donors (Lipinski definition) is 1.